The molecule has 1 spiro atoms. The quantitative estimate of drug-likeness (QED) is 0.813. The number of piperidine rings is 1. The van der Waals surface area contributed by atoms with Gasteiger partial charge in [-0.05, 0) is 55.9 Å². The first-order chi connectivity index (χ1) is 13.3. The van der Waals surface area contributed by atoms with E-state index in [1.807, 2.05) is 17.0 Å². The molecule has 1 atom stereocenters. The second-order valence-corrected chi connectivity index (χ2v) is 7.25. The topological polar surface area (TPSA) is 64.6 Å². The molecule has 2 aliphatic heterocycles. The number of likely N-dealkylation sites (tertiary alicyclic amines) is 1. The lowest BCUT2D eigenvalue weighted by Crippen LogP contribution is -2.49. The van der Waals surface area contributed by atoms with Crippen molar-refractivity contribution in [3.63, 3.8) is 0 Å². The van der Waals surface area contributed by atoms with Gasteiger partial charge in [-0.15, -0.1) is 0 Å². The molecule has 1 amide bonds. The van der Waals surface area contributed by atoms with Crippen LogP contribution in [0.15, 0.2) is 49.1 Å². The molecule has 2 fully saturated rings. The molecule has 2 aromatic heterocycles. The molecule has 6 heteroatoms. The number of rotatable bonds is 5. The lowest BCUT2D eigenvalue weighted by molar-refractivity contribution is -0.0648. The fourth-order valence-corrected chi connectivity index (χ4v) is 4.26. The van der Waals surface area contributed by atoms with Crippen molar-refractivity contribution in [2.45, 2.75) is 31.3 Å². The zero-order valence-electron chi connectivity index (χ0n) is 15.4. The number of ether oxygens (including phenoxy) is 2. The van der Waals surface area contributed by atoms with E-state index in [1.165, 1.54) is 0 Å². The maximum atomic E-state index is 12.6. The Morgan fingerprint density at radius 1 is 1.19 bits per heavy atom. The third kappa shape index (κ3) is 3.95. The molecular formula is C21H25N3O3. The summed E-state index contributed by atoms with van der Waals surface area (Å²) >= 11 is 0. The Bertz CT molecular complexity index is 746. The third-order valence-electron chi connectivity index (χ3n) is 5.79. The van der Waals surface area contributed by atoms with Crippen LogP contribution >= 0.6 is 0 Å². The predicted molar refractivity (Wildman–Crippen MR) is 101 cm³/mol. The predicted octanol–water partition coefficient (Wildman–Crippen LogP) is 2.96. The number of aromatic nitrogens is 2. The second-order valence-electron chi connectivity index (χ2n) is 7.25. The highest BCUT2D eigenvalue weighted by molar-refractivity contribution is 5.94. The molecule has 27 heavy (non-hydrogen) atoms. The average Bonchev–Trinajstić information content (AvgIpc) is 3.11. The van der Waals surface area contributed by atoms with Crippen LogP contribution in [-0.4, -0.2) is 52.7 Å². The zero-order valence-corrected chi connectivity index (χ0v) is 15.4. The smallest absolute Gasteiger partial charge is 0.253 e. The minimum atomic E-state index is -0.104. The third-order valence-corrected chi connectivity index (χ3v) is 5.79. The van der Waals surface area contributed by atoms with Crippen molar-refractivity contribution in [1.29, 1.82) is 0 Å². The highest BCUT2D eigenvalue weighted by Crippen LogP contribution is 2.42. The van der Waals surface area contributed by atoms with E-state index in [2.05, 4.69) is 9.97 Å². The van der Waals surface area contributed by atoms with Crippen molar-refractivity contribution >= 4 is 5.91 Å². The van der Waals surface area contributed by atoms with E-state index in [0.29, 0.717) is 18.1 Å². The van der Waals surface area contributed by atoms with E-state index in [1.54, 1.807) is 36.9 Å². The zero-order chi connectivity index (χ0) is 18.5. The number of carbonyl (C=O) groups is 1. The maximum Gasteiger partial charge on any atom is 0.253 e. The molecular weight excluding hydrogens is 342 g/mol. The summed E-state index contributed by atoms with van der Waals surface area (Å²) in [6.07, 6.45) is 10.6. The molecule has 2 aromatic rings. The molecule has 0 bridgehead atoms. The largest absolute Gasteiger partial charge is 0.492 e. The van der Waals surface area contributed by atoms with E-state index in [9.17, 15) is 4.79 Å². The van der Waals surface area contributed by atoms with Gasteiger partial charge in [0.1, 0.15) is 5.75 Å². The molecule has 2 aliphatic rings. The summed E-state index contributed by atoms with van der Waals surface area (Å²) in [5.74, 6) is 1.37. The van der Waals surface area contributed by atoms with Crippen molar-refractivity contribution in [3.8, 4) is 5.75 Å². The first kappa shape index (κ1) is 17.9. The van der Waals surface area contributed by atoms with Crippen LogP contribution < -0.4 is 4.74 Å². The van der Waals surface area contributed by atoms with Crippen LogP contribution in [0.3, 0.4) is 0 Å². The normalized spacial score (nSPS) is 21.3. The Labute approximate surface area is 159 Å². The van der Waals surface area contributed by atoms with Gasteiger partial charge in [0, 0.05) is 43.9 Å². The fraction of sp³-hybridized carbons (Fsp3) is 0.476. The number of nitrogens with zero attached hydrogens (tertiary/aromatic N) is 3. The number of pyridine rings is 2. The van der Waals surface area contributed by atoms with Crippen LogP contribution in [0.5, 0.6) is 5.75 Å². The summed E-state index contributed by atoms with van der Waals surface area (Å²) in [6.45, 7) is 2.94. The average molecular weight is 367 g/mol. The lowest BCUT2D eigenvalue weighted by atomic mass is 9.78. The van der Waals surface area contributed by atoms with Gasteiger partial charge in [0.2, 0.25) is 0 Å². The van der Waals surface area contributed by atoms with E-state index in [4.69, 9.17) is 9.47 Å². The standard InChI is InChI=1S/C21H25N3O3/c25-20(17-3-10-22-11-4-17)24-12-7-21(8-13-24)18(6-15-27-21)5-14-26-19-2-1-9-23-16-19/h1-4,9-11,16,18H,5-8,12-15H2/t18-/m0/s1. The molecule has 142 valence electrons. The van der Waals surface area contributed by atoms with E-state index < -0.39 is 0 Å². The molecule has 0 unspecified atom stereocenters. The van der Waals surface area contributed by atoms with Gasteiger partial charge in [-0.1, -0.05) is 0 Å². The van der Waals surface area contributed by atoms with E-state index >= 15 is 0 Å². The van der Waals surface area contributed by atoms with Crippen LogP contribution in [0.1, 0.15) is 36.0 Å². The molecule has 0 saturated carbocycles. The minimum absolute atomic E-state index is 0.0849. The Balaban J connectivity index is 1.31. The summed E-state index contributed by atoms with van der Waals surface area (Å²) in [4.78, 5) is 22.6. The van der Waals surface area contributed by atoms with Crippen molar-refractivity contribution in [2.24, 2.45) is 5.92 Å². The van der Waals surface area contributed by atoms with Gasteiger partial charge in [0.05, 0.1) is 18.4 Å². The van der Waals surface area contributed by atoms with Crippen LogP contribution in [0, 0.1) is 5.92 Å². The molecule has 2 saturated heterocycles. The highest BCUT2D eigenvalue weighted by Gasteiger charge is 2.46. The van der Waals surface area contributed by atoms with Crippen molar-refractivity contribution in [1.82, 2.24) is 14.9 Å². The minimum Gasteiger partial charge on any atom is -0.492 e. The summed E-state index contributed by atoms with van der Waals surface area (Å²) in [7, 11) is 0. The molecule has 0 aromatic carbocycles. The highest BCUT2D eigenvalue weighted by atomic mass is 16.5. The van der Waals surface area contributed by atoms with Gasteiger partial charge in [-0.25, -0.2) is 0 Å². The summed E-state index contributed by atoms with van der Waals surface area (Å²) < 4.78 is 12.0. The first-order valence-corrected chi connectivity index (χ1v) is 9.63. The Kier molecular flexibility index (Phi) is 5.34. The van der Waals surface area contributed by atoms with Crippen molar-refractivity contribution in [2.75, 3.05) is 26.3 Å². The number of hydrogen-bond donors (Lipinski definition) is 0. The van der Waals surface area contributed by atoms with E-state index in [-0.39, 0.29) is 11.5 Å². The first-order valence-electron chi connectivity index (χ1n) is 9.63. The fourth-order valence-electron chi connectivity index (χ4n) is 4.26. The Hall–Kier alpha value is -2.47. The van der Waals surface area contributed by atoms with Gasteiger partial charge in [-0.2, -0.15) is 0 Å². The van der Waals surface area contributed by atoms with Gasteiger partial charge in [0.25, 0.3) is 5.91 Å². The van der Waals surface area contributed by atoms with Crippen LogP contribution in [0.25, 0.3) is 0 Å². The molecule has 6 nitrogen and oxygen atoms in total. The van der Waals surface area contributed by atoms with Gasteiger partial charge in [0.15, 0.2) is 0 Å². The van der Waals surface area contributed by atoms with Crippen LogP contribution in [0.4, 0.5) is 0 Å². The molecule has 0 radical (unpaired) electrons. The lowest BCUT2D eigenvalue weighted by Gasteiger charge is -2.42. The summed E-state index contributed by atoms with van der Waals surface area (Å²) in [6, 6.07) is 7.36. The van der Waals surface area contributed by atoms with E-state index in [0.717, 1.165) is 51.1 Å². The number of hydrogen-bond acceptors (Lipinski definition) is 5. The van der Waals surface area contributed by atoms with Crippen LogP contribution in [0.2, 0.25) is 0 Å². The second kappa shape index (κ2) is 8.05. The summed E-state index contributed by atoms with van der Waals surface area (Å²) in [5, 5.41) is 0. The van der Waals surface area contributed by atoms with Crippen LogP contribution in [-0.2, 0) is 4.74 Å². The molecule has 4 heterocycles. The Morgan fingerprint density at radius 3 is 2.74 bits per heavy atom. The number of carbonyl (C=O) groups excluding carboxylic acids is 1. The molecule has 0 N–H and O–H groups in total. The van der Waals surface area contributed by atoms with Gasteiger partial charge >= 0.3 is 0 Å². The maximum absolute atomic E-state index is 12.6. The molecule has 0 aliphatic carbocycles. The van der Waals surface area contributed by atoms with Crippen molar-refractivity contribution < 1.29 is 14.3 Å². The van der Waals surface area contributed by atoms with Gasteiger partial charge in [-0.3, -0.25) is 14.8 Å². The molecule has 4 rings (SSSR count). The SMILES string of the molecule is O=C(c1ccncc1)N1CCC2(CC1)OCC[C@@H]2CCOc1cccnc1. The number of amides is 1. The van der Waals surface area contributed by atoms with Crippen molar-refractivity contribution in [3.05, 3.63) is 54.6 Å². The Morgan fingerprint density at radius 2 is 2.00 bits per heavy atom. The monoisotopic (exact) mass is 367 g/mol. The van der Waals surface area contributed by atoms with Gasteiger partial charge < -0.3 is 14.4 Å². The summed E-state index contributed by atoms with van der Waals surface area (Å²) in [5.41, 5.74) is 0.600.